The lowest BCUT2D eigenvalue weighted by atomic mass is 10.0. The molecule has 0 saturated heterocycles. The van der Waals surface area contributed by atoms with Crippen LogP contribution in [0, 0.1) is 0 Å². The summed E-state index contributed by atoms with van der Waals surface area (Å²) in [7, 11) is 0. The topological polar surface area (TPSA) is 66.5 Å². The van der Waals surface area contributed by atoms with Gasteiger partial charge in [0.2, 0.25) is 0 Å². The molecule has 0 radical (unpaired) electrons. The van der Waals surface area contributed by atoms with Gasteiger partial charge in [0.25, 0.3) is 0 Å². The van der Waals surface area contributed by atoms with E-state index in [0.29, 0.717) is 0 Å². The van der Waals surface area contributed by atoms with Gasteiger partial charge in [-0.15, -0.1) is 11.8 Å². The fourth-order valence-electron chi connectivity index (χ4n) is 1.24. The molecule has 3 nitrogen and oxygen atoms in total. The van der Waals surface area contributed by atoms with Crippen LogP contribution in [-0.2, 0) is 0 Å². The summed E-state index contributed by atoms with van der Waals surface area (Å²) < 4.78 is 0. The molecule has 2 atom stereocenters. The van der Waals surface area contributed by atoms with Gasteiger partial charge in [0.05, 0.1) is 18.8 Å². The van der Waals surface area contributed by atoms with Gasteiger partial charge in [0.1, 0.15) is 0 Å². The van der Waals surface area contributed by atoms with Gasteiger partial charge in [-0.05, 0) is 17.9 Å². The molecule has 1 aromatic rings. The predicted molar refractivity (Wildman–Crippen MR) is 58.2 cm³/mol. The van der Waals surface area contributed by atoms with Gasteiger partial charge in [-0.1, -0.05) is 18.2 Å². The maximum atomic E-state index is 9.80. The van der Waals surface area contributed by atoms with Crippen molar-refractivity contribution in [2.24, 2.45) is 5.73 Å². The Morgan fingerprint density at radius 3 is 2.64 bits per heavy atom. The Hall–Kier alpha value is -0.550. The molecule has 1 rings (SSSR count). The highest BCUT2D eigenvalue weighted by Gasteiger charge is 2.18. The van der Waals surface area contributed by atoms with Crippen LogP contribution in [0.25, 0.3) is 0 Å². The third kappa shape index (κ3) is 2.48. The highest BCUT2D eigenvalue weighted by Crippen LogP contribution is 2.26. The van der Waals surface area contributed by atoms with Crippen LogP contribution in [-0.4, -0.2) is 29.1 Å². The largest absolute Gasteiger partial charge is 0.395 e. The Morgan fingerprint density at radius 2 is 2.07 bits per heavy atom. The minimum absolute atomic E-state index is 0.218. The second-order valence-electron chi connectivity index (χ2n) is 3.03. The van der Waals surface area contributed by atoms with Gasteiger partial charge in [-0.25, -0.2) is 0 Å². The fourth-order valence-corrected chi connectivity index (χ4v) is 1.88. The maximum absolute atomic E-state index is 9.80. The molecule has 0 bridgehead atoms. The molecule has 0 fully saturated rings. The Balaban J connectivity index is 2.93. The Bertz CT molecular complexity index is 293. The normalized spacial score (nSPS) is 15.1. The first-order valence-corrected chi connectivity index (χ1v) is 5.60. The van der Waals surface area contributed by atoms with Crippen LogP contribution in [0.1, 0.15) is 11.7 Å². The predicted octanol–water partition coefficient (Wildman–Crippen LogP) is 0.762. The lowest BCUT2D eigenvalue weighted by Gasteiger charge is -2.19. The molecule has 0 aliphatic heterocycles. The van der Waals surface area contributed by atoms with Crippen LogP contribution in [0.5, 0.6) is 0 Å². The van der Waals surface area contributed by atoms with Crippen LogP contribution in [0.2, 0.25) is 0 Å². The number of thioether (sulfide) groups is 1. The molecule has 4 N–H and O–H groups in total. The van der Waals surface area contributed by atoms with E-state index in [1.54, 1.807) is 11.8 Å². The minimum atomic E-state index is -0.802. The molecule has 0 saturated carbocycles. The minimum Gasteiger partial charge on any atom is -0.395 e. The van der Waals surface area contributed by atoms with Crippen molar-refractivity contribution in [2.75, 3.05) is 12.9 Å². The smallest absolute Gasteiger partial charge is 0.0974 e. The van der Waals surface area contributed by atoms with Crippen LogP contribution in [0.3, 0.4) is 0 Å². The van der Waals surface area contributed by atoms with Crippen molar-refractivity contribution in [1.82, 2.24) is 0 Å². The van der Waals surface area contributed by atoms with E-state index >= 15 is 0 Å². The zero-order chi connectivity index (χ0) is 10.6. The summed E-state index contributed by atoms with van der Waals surface area (Å²) in [6, 6.07) is 6.89. The van der Waals surface area contributed by atoms with E-state index in [9.17, 15) is 5.11 Å². The zero-order valence-electron chi connectivity index (χ0n) is 8.05. The molecule has 78 valence electrons. The molecule has 0 spiro atoms. The summed E-state index contributed by atoms with van der Waals surface area (Å²) in [6.45, 7) is -0.218. The fraction of sp³-hybridized carbons (Fsp3) is 0.400. The van der Waals surface area contributed by atoms with Gasteiger partial charge in [0, 0.05) is 4.90 Å². The van der Waals surface area contributed by atoms with E-state index in [1.165, 1.54) is 0 Å². The van der Waals surface area contributed by atoms with Crippen molar-refractivity contribution in [1.29, 1.82) is 0 Å². The van der Waals surface area contributed by atoms with Crippen molar-refractivity contribution >= 4 is 11.8 Å². The number of benzene rings is 1. The first kappa shape index (κ1) is 11.5. The SMILES string of the molecule is CSc1ccccc1C(O)C(N)CO. The third-order valence-electron chi connectivity index (χ3n) is 2.07. The highest BCUT2D eigenvalue weighted by atomic mass is 32.2. The van der Waals surface area contributed by atoms with Gasteiger partial charge in [0.15, 0.2) is 0 Å². The summed E-state index contributed by atoms with van der Waals surface area (Å²) in [5.41, 5.74) is 6.34. The molecule has 0 aromatic heterocycles. The molecule has 4 heteroatoms. The van der Waals surface area contributed by atoms with Crippen LogP contribution >= 0.6 is 11.8 Å². The standard InChI is InChI=1S/C10H15NO2S/c1-14-9-5-3-2-4-7(9)10(13)8(11)6-12/h2-5,8,10,12-13H,6,11H2,1H3. The first-order valence-electron chi connectivity index (χ1n) is 4.38. The van der Waals surface area contributed by atoms with E-state index in [0.717, 1.165) is 10.5 Å². The number of nitrogens with two attached hydrogens (primary N) is 1. The molecular formula is C10H15NO2S. The second kappa shape index (κ2) is 5.36. The van der Waals surface area contributed by atoms with Gasteiger partial charge in [-0.2, -0.15) is 0 Å². The Labute approximate surface area is 87.9 Å². The van der Waals surface area contributed by atoms with E-state index in [2.05, 4.69) is 0 Å². The van der Waals surface area contributed by atoms with E-state index in [-0.39, 0.29) is 6.61 Å². The van der Waals surface area contributed by atoms with Crippen LogP contribution in [0.15, 0.2) is 29.2 Å². The lowest BCUT2D eigenvalue weighted by Crippen LogP contribution is -2.32. The van der Waals surface area contributed by atoms with Gasteiger partial charge < -0.3 is 15.9 Å². The zero-order valence-corrected chi connectivity index (χ0v) is 8.87. The summed E-state index contributed by atoms with van der Waals surface area (Å²) in [4.78, 5) is 0.990. The number of rotatable bonds is 4. The van der Waals surface area contributed by atoms with E-state index in [4.69, 9.17) is 10.8 Å². The Kier molecular flexibility index (Phi) is 4.41. The van der Waals surface area contributed by atoms with Gasteiger partial charge in [-0.3, -0.25) is 0 Å². The van der Waals surface area contributed by atoms with Crippen molar-refractivity contribution in [2.45, 2.75) is 17.0 Å². The monoisotopic (exact) mass is 213 g/mol. The van der Waals surface area contributed by atoms with Crippen molar-refractivity contribution in [3.05, 3.63) is 29.8 Å². The first-order chi connectivity index (χ1) is 6.70. The molecule has 0 amide bonds. The van der Waals surface area contributed by atoms with Crippen molar-refractivity contribution in [3.8, 4) is 0 Å². The summed E-state index contributed by atoms with van der Waals surface area (Å²) in [6.07, 6.45) is 1.14. The molecule has 14 heavy (non-hydrogen) atoms. The van der Waals surface area contributed by atoms with Gasteiger partial charge >= 0.3 is 0 Å². The number of aliphatic hydroxyl groups excluding tert-OH is 2. The third-order valence-corrected chi connectivity index (χ3v) is 2.89. The lowest BCUT2D eigenvalue weighted by molar-refractivity contribution is 0.107. The van der Waals surface area contributed by atoms with E-state index in [1.807, 2.05) is 30.5 Å². The van der Waals surface area contributed by atoms with Crippen molar-refractivity contribution < 1.29 is 10.2 Å². The number of hydrogen-bond donors (Lipinski definition) is 3. The average Bonchev–Trinajstić information content (AvgIpc) is 2.26. The summed E-state index contributed by atoms with van der Waals surface area (Å²) >= 11 is 1.55. The second-order valence-corrected chi connectivity index (χ2v) is 3.88. The average molecular weight is 213 g/mol. The van der Waals surface area contributed by atoms with Crippen molar-refractivity contribution in [3.63, 3.8) is 0 Å². The number of hydrogen-bond acceptors (Lipinski definition) is 4. The number of aliphatic hydroxyl groups is 2. The Morgan fingerprint density at radius 1 is 1.43 bits per heavy atom. The van der Waals surface area contributed by atoms with E-state index < -0.39 is 12.1 Å². The highest BCUT2D eigenvalue weighted by molar-refractivity contribution is 7.98. The summed E-state index contributed by atoms with van der Waals surface area (Å²) in [5.74, 6) is 0. The molecule has 2 unspecified atom stereocenters. The van der Waals surface area contributed by atoms with Crippen LogP contribution in [0.4, 0.5) is 0 Å². The molecular weight excluding hydrogens is 198 g/mol. The molecule has 0 aliphatic carbocycles. The molecule has 0 aliphatic rings. The quantitative estimate of drug-likeness (QED) is 0.646. The maximum Gasteiger partial charge on any atom is 0.0974 e. The molecule has 0 heterocycles. The molecule has 1 aromatic carbocycles. The van der Waals surface area contributed by atoms with Crippen LogP contribution < -0.4 is 5.73 Å². The summed E-state index contributed by atoms with van der Waals surface area (Å²) in [5, 5.41) is 18.6.